The van der Waals surface area contributed by atoms with Gasteiger partial charge in [-0.3, -0.25) is 4.79 Å². The van der Waals surface area contributed by atoms with Crippen LogP contribution in [0.25, 0.3) is 0 Å². The molecule has 0 N–H and O–H groups in total. The molecule has 2 heteroatoms. The molecule has 0 aromatic rings. The molecule has 2 rings (SSSR count). The quantitative estimate of drug-likeness (QED) is 0.557. The number of hydrogen-bond acceptors (Lipinski definition) is 2. The Hall–Kier alpha value is -0.790. The highest BCUT2D eigenvalue weighted by Crippen LogP contribution is 2.56. The fourth-order valence-electron chi connectivity index (χ4n) is 4.49. The summed E-state index contributed by atoms with van der Waals surface area (Å²) < 4.78 is 5.10. The molecule has 0 heterocycles. The second-order valence-corrected chi connectivity index (χ2v) is 6.70. The summed E-state index contributed by atoms with van der Waals surface area (Å²) in [6, 6.07) is 0. The Bertz CT molecular complexity index is 371. The topological polar surface area (TPSA) is 26.3 Å². The Balaban J connectivity index is 2.06. The molecule has 0 amide bonds. The molecule has 0 bridgehead atoms. The van der Waals surface area contributed by atoms with Gasteiger partial charge in [0.05, 0.1) is 13.0 Å². The highest BCUT2D eigenvalue weighted by Gasteiger charge is 2.46. The number of carbonyl (C=O) groups is 1. The van der Waals surface area contributed by atoms with Crippen LogP contribution in [0.15, 0.2) is 11.6 Å². The van der Waals surface area contributed by atoms with E-state index in [-0.39, 0.29) is 5.97 Å². The van der Waals surface area contributed by atoms with E-state index in [0.29, 0.717) is 24.4 Å². The summed E-state index contributed by atoms with van der Waals surface area (Å²) in [7, 11) is 0. The second-order valence-electron chi connectivity index (χ2n) is 6.70. The fraction of sp³-hybridized carbons (Fsp3) is 0.824. The molecule has 0 unspecified atom stereocenters. The Labute approximate surface area is 117 Å². The van der Waals surface area contributed by atoms with Gasteiger partial charge in [0.25, 0.3) is 0 Å². The molecule has 2 aliphatic carbocycles. The summed E-state index contributed by atoms with van der Waals surface area (Å²) in [6.07, 6.45) is 8.17. The number of hydrogen-bond donors (Lipinski definition) is 0. The zero-order valence-electron chi connectivity index (χ0n) is 12.9. The van der Waals surface area contributed by atoms with Crippen molar-refractivity contribution in [3.8, 4) is 0 Å². The van der Waals surface area contributed by atoms with E-state index in [4.69, 9.17) is 4.74 Å². The Morgan fingerprint density at radius 2 is 2.32 bits per heavy atom. The van der Waals surface area contributed by atoms with Gasteiger partial charge in [-0.05, 0) is 42.9 Å². The summed E-state index contributed by atoms with van der Waals surface area (Å²) in [4.78, 5) is 11.7. The second kappa shape index (κ2) is 5.68. The predicted molar refractivity (Wildman–Crippen MR) is 77.7 cm³/mol. The minimum absolute atomic E-state index is 0.0493. The molecule has 0 saturated heterocycles. The van der Waals surface area contributed by atoms with Crippen LogP contribution in [-0.2, 0) is 9.53 Å². The number of rotatable bonds is 4. The fourth-order valence-corrected chi connectivity index (χ4v) is 4.49. The first-order valence-electron chi connectivity index (χ1n) is 7.85. The maximum atomic E-state index is 11.7. The monoisotopic (exact) mass is 264 g/mol. The van der Waals surface area contributed by atoms with Crippen molar-refractivity contribution in [3.63, 3.8) is 0 Å². The van der Waals surface area contributed by atoms with Crippen molar-refractivity contribution in [1.29, 1.82) is 0 Å². The Kier molecular flexibility index (Phi) is 4.37. The Morgan fingerprint density at radius 1 is 1.58 bits per heavy atom. The third-order valence-corrected chi connectivity index (χ3v) is 5.42. The number of ether oxygens (including phenoxy) is 1. The third kappa shape index (κ3) is 2.73. The minimum atomic E-state index is -0.0493. The molecule has 0 radical (unpaired) electrons. The number of fused-ring (bicyclic) bond motifs is 1. The van der Waals surface area contributed by atoms with Crippen LogP contribution in [0, 0.1) is 23.2 Å². The van der Waals surface area contributed by atoms with Gasteiger partial charge in [0.1, 0.15) is 0 Å². The van der Waals surface area contributed by atoms with Gasteiger partial charge in [-0.15, -0.1) is 0 Å². The first-order chi connectivity index (χ1) is 8.99. The summed E-state index contributed by atoms with van der Waals surface area (Å²) in [5.74, 6) is 1.90. The lowest BCUT2D eigenvalue weighted by Gasteiger charge is -2.44. The molecule has 0 aromatic carbocycles. The zero-order valence-corrected chi connectivity index (χ0v) is 12.9. The van der Waals surface area contributed by atoms with E-state index in [1.165, 1.54) is 31.3 Å². The smallest absolute Gasteiger partial charge is 0.306 e. The van der Waals surface area contributed by atoms with Crippen molar-refractivity contribution in [2.45, 2.75) is 59.8 Å². The van der Waals surface area contributed by atoms with Gasteiger partial charge in [0, 0.05) is 0 Å². The van der Waals surface area contributed by atoms with Crippen molar-refractivity contribution < 1.29 is 9.53 Å². The van der Waals surface area contributed by atoms with E-state index in [2.05, 4.69) is 26.8 Å². The first-order valence-corrected chi connectivity index (χ1v) is 7.85. The van der Waals surface area contributed by atoms with Gasteiger partial charge in [0.15, 0.2) is 0 Å². The molecule has 4 atom stereocenters. The van der Waals surface area contributed by atoms with E-state index in [9.17, 15) is 4.79 Å². The molecule has 108 valence electrons. The van der Waals surface area contributed by atoms with Crippen LogP contribution in [0.4, 0.5) is 0 Å². The number of carbonyl (C=O) groups excluding carboxylic acids is 1. The van der Waals surface area contributed by atoms with E-state index in [1.54, 1.807) is 0 Å². The van der Waals surface area contributed by atoms with Crippen molar-refractivity contribution in [3.05, 3.63) is 11.6 Å². The summed E-state index contributed by atoms with van der Waals surface area (Å²) in [5, 5.41) is 0. The Morgan fingerprint density at radius 3 is 3.00 bits per heavy atom. The van der Waals surface area contributed by atoms with Crippen LogP contribution in [0.1, 0.15) is 59.8 Å². The van der Waals surface area contributed by atoms with Crippen molar-refractivity contribution in [1.82, 2.24) is 0 Å². The van der Waals surface area contributed by atoms with Crippen molar-refractivity contribution >= 4 is 5.97 Å². The number of esters is 1. The average molecular weight is 264 g/mol. The maximum absolute atomic E-state index is 11.7. The van der Waals surface area contributed by atoms with Crippen molar-refractivity contribution in [2.75, 3.05) is 6.61 Å². The van der Waals surface area contributed by atoms with Crippen LogP contribution < -0.4 is 0 Å². The molecule has 2 nitrogen and oxygen atoms in total. The lowest BCUT2D eigenvalue weighted by Crippen LogP contribution is -2.35. The van der Waals surface area contributed by atoms with Crippen LogP contribution in [0.5, 0.6) is 0 Å². The van der Waals surface area contributed by atoms with E-state index < -0.39 is 0 Å². The molecule has 0 spiro atoms. The van der Waals surface area contributed by atoms with E-state index in [0.717, 1.165) is 11.8 Å². The normalized spacial score (nSPS) is 35.5. The predicted octanol–water partition coefficient (Wildman–Crippen LogP) is 4.35. The highest BCUT2D eigenvalue weighted by atomic mass is 16.5. The zero-order chi connectivity index (χ0) is 14.0. The lowest BCUT2D eigenvalue weighted by atomic mass is 9.60. The summed E-state index contributed by atoms with van der Waals surface area (Å²) >= 11 is 0. The third-order valence-electron chi connectivity index (χ3n) is 5.42. The standard InChI is InChI=1S/C17H28O2/c1-5-19-16(18)11-13(3)15-9-8-14-12(2)7-6-10-17(14,15)4/h9,12-14H,5-8,10-11H2,1-4H3/t12-,13-,14+,17+/m1/s1. The molecular weight excluding hydrogens is 236 g/mol. The summed E-state index contributed by atoms with van der Waals surface area (Å²) in [5.41, 5.74) is 1.86. The van der Waals surface area contributed by atoms with Gasteiger partial charge >= 0.3 is 5.97 Å². The van der Waals surface area contributed by atoms with Crippen LogP contribution in [0.2, 0.25) is 0 Å². The van der Waals surface area contributed by atoms with Crippen LogP contribution in [0.3, 0.4) is 0 Å². The van der Waals surface area contributed by atoms with Crippen molar-refractivity contribution in [2.24, 2.45) is 23.2 Å². The SMILES string of the molecule is CCOC(=O)C[C@@H](C)C1=CC[C@H]2[C@H](C)CCC[C@]12C. The van der Waals surface area contributed by atoms with Gasteiger partial charge in [0.2, 0.25) is 0 Å². The molecule has 1 fully saturated rings. The van der Waals surface area contributed by atoms with Gasteiger partial charge in [-0.2, -0.15) is 0 Å². The summed E-state index contributed by atoms with van der Waals surface area (Å²) in [6.45, 7) is 9.37. The molecule has 1 saturated carbocycles. The number of allylic oxidation sites excluding steroid dienone is 2. The highest BCUT2D eigenvalue weighted by molar-refractivity contribution is 5.70. The van der Waals surface area contributed by atoms with Crippen LogP contribution in [-0.4, -0.2) is 12.6 Å². The molecular formula is C17H28O2. The van der Waals surface area contributed by atoms with E-state index in [1.807, 2.05) is 6.92 Å². The largest absolute Gasteiger partial charge is 0.466 e. The molecule has 0 aliphatic heterocycles. The maximum Gasteiger partial charge on any atom is 0.306 e. The lowest BCUT2D eigenvalue weighted by molar-refractivity contribution is -0.143. The van der Waals surface area contributed by atoms with Gasteiger partial charge < -0.3 is 4.74 Å². The van der Waals surface area contributed by atoms with Gasteiger partial charge in [-0.25, -0.2) is 0 Å². The van der Waals surface area contributed by atoms with Crippen LogP contribution >= 0.6 is 0 Å². The molecule has 2 aliphatic rings. The molecule has 0 aromatic heterocycles. The van der Waals surface area contributed by atoms with Gasteiger partial charge in [-0.1, -0.05) is 45.3 Å². The molecule has 19 heavy (non-hydrogen) atoms. The minimum Gasteiger partial charge on any atom is -0.466 e. The first kappa shape index (κ1) is 14.6. The van der Waals surface area contributed by atoms with E-state index >= 15 is 0 Å². The average Bonchev–Trinajstić information content (AvgIpc) is 2.68.